The number of carboxylic acids is 1. The van der Waals surface area contributed by atoms with Crippen molar-refractivity contribution in [3.8, 4) is 0 Å². The quantitative estimate of drug-likeness (QED) is 0.810. The molecule has 0 aliphatic carbocycles. The molecule has 1 atom stereocenters. The van der Waals surface area contributed by atoms with Crippen molar-refractivity contribution in [1.82, 2.24) is 4.31 Å². The van der Waals surface area contributed by atoms with Crippen LogP contribution in [0.25, 0.3) is 0 Å². The van der Waals surface area contributed by atoms with Crippen LogP contribution in [0.5, 0.6) is 0 Å². The van der Waals surface area contributed by atoms with Gasteiger partial charge in [-0.15, -0.1) is 0 Å². The van der Waals surface area contributed by atoms with Crippen molar-refractivity contribution in [3.05, 3.63) is 35.9 Å². The van der Waals surface area contributed by atoms with E-state index in [1.807, 2.05) is 30.3 Å². The highest BCUT2D eigenvalue weighted by atomic mass is 32.2. The van der Waals surface area contributed by atoms with E-state index in [1.165, 1.54) is 11.4 Å². The lowest BCUT2D eigenvalue weighted by Gasteiger charge is -2.30. The summed E-state index contributed by atoms with van der Waals surface area (Å²) in [4.78, 5) is 11.0. The first-order valence-corrected chi connectivity index (χ1v) is 9.30. The predicted molar refractivity (Wildman–Crippen MR) is 86.7 cm³/mol. The van der Waals surface area contributed by atoms with E-state index in [4.69, 9.17) is 9.84 Å². The Morgan fingerprint density at radius 1 is 1.30 bits per heavy atom. The van der Waals surface area contributed by atoms with Gasteiger partial charge in [-0.25, -0.2) is 12.7 Å². The van der Waals surface area contributed by atoms with Gasteiger partial charge in [0.1, 0.15) is 0 Å². The third-order valence-electron chi connectivity index (χ3n) is 4.23. The molecule has 0 amide bonds. The normalized spacial score (nSPS) is 18.7. The Bertz CT molecular complexity index is 609. The van der Waals surface area contributed by atoms with Gasteiger partial charge < -0.3 is 9.84 Å². The summed E-state index contributed by atoms with van der Waals surface area (Å²) >= 11 is 0. The van der Waals surface area contributed by atoms with Gasteiger partial charge in [-0.1, -0.05) is 30.3 Å². The van der Waals surface area contributed by atoms with Gasteiger partial charge in [-0.05, 0) is 24.8 Å². The number of carboxylic acid groups (broad SMARTS) is 1. The van der Waals surface area contributed by atoms with Crippen LogP contribution in [-0.4, -0.2) is 55.9 Å². The highest BCUT2D eigenvalue weighted by Crippen LogP contribution is 2.21. The maximum atomic E-state index is 12.5. The molecule has 0 radical (unpaired) electrons. The Kier molecular flexibility index (Phi) is 6.15. The van der Waals surface area contributed by atoms with Gasteiger partial charge >= 0.3 is 5.97 Å². The smallest absolute Gasteiger partial charge is 0.306 e. The Morgan fingerprint density at radius 3 is 2.43 bits per heavy atom. The van der Waals surface area contributed by atoms with Crippen LogP contribution in [0.1, 0.15) is 18.4 Å². The van der Waals surface area contributed by atoms with E-state index in [1.54, 1.807) is 0 Å². The molecule has 1 unspecified atom stereocenters. The SMILES string of the molecule is COC(Cc1ccccc1)CS(=O)(=O)N1CCC(C(=O)O)CC1. The Morgan fingerprint density at radius 2 is 1.91 bits per heavy atom. The molecular weight excluding hydrogens is 318 g/mol. The number of ether oxygens (including phenoxy) is 1. The van der Waals surface area contributed by atoms with Crippen LogP contribution in [0.4, 0.5) is 0 Å². The molecule has 0 aromatic heterocycles. The zero-order valence-corrected chi connectivity index (χ0v) is 14.0. The second-order valence-corrected chi connectivity index (χ2v) is 7.85. The van der Waals surface area contributed by atoms with E-state index < -0.39 is 28.0 Å². The van der Waals surface area contributed by atoms with Crippen molar-refractivity contribution in [2.75, 3.05) is 26.0 Å². The lowest BCUT2D eigenvalue weighted by Crippen LogP contribution is -2.43. The zero-order chi connectivity index (χ0) is 16.9. The fourth-order valence-electron chi connectivity index (χ4n) is 2.81. The van der Waals surface area contributed by atoms with Crippen molar-refractivity contribution in [3.63, 3.8) is 0 Å². The van der Waals surface area contributed by atoms with Crippen LogP contribution < -0.4 is 0 Å². The third-order valence-corrected chi connectivity index (χ3v) is 6.18. The fourth-order valence-corrected chi connectivity index (χ4v) is 4.51. The van der Waals surface area contributed by atoms with Gasteiger partial charge in [0.25, 0.3) is 0 Å². The molecule has 128 valence electrons. The highest BCUT2D eigenvalue weighted by molar-refractivity contribution is 7.89. The molecule has 1 fully saturated rings. The van der Waals surface area contributed by atoms with Gasteiger partial charge in [0.15, 0.2) is 0 Å². The van der Waals surface area contributed by atoms with E-state index in [0.717, 1.165) is 5.56 Å². The monoisotopic (exact) mass is 341 g/mol. The summed E-state index contributed by atoms with van der Waals surface area (Å²) in [7, 11) is -1.93. The van der Waals surface area contributed by atoms with E-state index in [2.05, 4.69) is 0 Å². The maximum Gasteiger partial charge on any atom is 0.306 e. The van der Waals surface area contributed by atoms with Crippen molar-refractivity contribution in [1.29, 1.82) is 0 Å². The first-order chi connectivity index (χ1) is 10.9. The minimum absolute atomic E-state index is 0.0872. The molecule has 1 heterocycles. The van der Waals surface area contributed by atoms with Crippen LogP contribution >= 0.6 is 0 Å². The maximum absolute atomic E-state index is 12.5. The summed E-state index contributed by atoms with van der Waals surface area (Å²) in [6.07, 6.45) is 0.845. The third kappa shape index (κ3) is 5.02. The molecule has 23 heavy (non-hydrogen) atoms. The molecule has 1 aromatic rings. The number of sulfonamides is 1. The number of rotatable bonds is 7. The number of nitrogens with zero attached hydrogens (tertiary/aromatic N) is 1. The minimum Gasteiger partial charge on any atom is -0.481 e. The summed E-state index contributed by atoms with van der Waals surface area (Å²) in [6.45, 7) is 0.530. The Labute approximate surface area is 137 Å². The molecule has 1 aliphatic rings. The van der Waals surface area contributed by atoms with Gasteiger partial charge in [-0.2, -0.15) is 0 Å². The molecule has 0 spiro atoms. The van der Waals surface area contributed by atoms with E-state index in [-0.39, 0.29) is 18.8 Å². The average Bonchev–Trinajstić information content (AvgIpc) is 2.55. The van der Waals surface area contributed by atoms with Crippen molar-refractivity contribution in [2.45, 2.75) is 25.4 Å². The fraction of sp³-hybridized carbons (Fsp3) is 0.562. The van der Waals surface area contributed by atoms with E-state index in [0.29, 0.717) is 19.3 Å². The van der Waals surface area contributed by atoms with Crippen LogP contribution in [0.3, 0.4) is 0 Å². The first-order valence-electron chi connectivity index (χ1n) is 7.69. The predicted octanol–water partition coefficient (Wildman–Crippen LogP) is 1.37. The van der Waals surface area contributed by atoms with Crippen molar-refractivity contribution >= 4 is 16.0 Å². The summed E-state index contributed by atoms with van der Waals surface area (Å²) in [5.41, 5.74) is 1.03. The summed E-state index contributed by atoms with van der Waals surface area (Å²) in [5.74, 6) is -1.37. The molecule has 6 nitrogen and oxygen atoms in total. The largest absolute Gasteiger partial charge is 0.481 e. The van der Waals surface area contributed by atoms with Gasteiger partial charge in [0.2, 0.25) is 10.0 Å². The molecule has 1 N–H and O–H groups in total. The molecule has 0 bridgehead atoms. The van der Waals surface area contributed by atoms with E-state index in [9.17, 15) is 13.2 Å². The van der Waals surface area contributed by atoms with Gasteiger partial charge in [0.05, 0.1) is 17.8 Å². The van der Waals surface area contributed by atoms with Crippen LogP contribution in [0, 0.1) is 5.92 Å². The van der Waals surface area contributed by atoms with Crippen LogP contribution in [-0.2, 0) is 26.0 Å². The number of benzene rings is 1. The molecule has 1 aromatic carbocycles. The standard InChI is InChI=1S/C16H23NO5S/c1-22-15(11-13-5-3-2-4-6-13)12-23(20,21)17-9-7-14(8-10-17)16(18)19/h2-6,14-15H,7-12H2,1H3,(H,18,19). The lowest BCUT2D eigenvalue weighted by molar-refractivity contribution is -0.142. The highest BCUT2D eigenvalue weighted by Gasteiger charge is 2.32. The van der Waals surface area contributed by atoms with Crippen molar-refractivity contribution < 1.29 is 23.1 Å². The molecular formula is C16H23NO5S. The Hall–Kier alpha value is -1.44. The van der Waals surface area contributed by atoms with Crippen LogP contribution in [0.15, 0.2) is 30.3 Å². The number of hydrogen-bond donors (Lipinski definition) is 1. The number of piperidine rings is 1. The summed E-state index contributed by atoms with van der Waals surface area (Å²) in [5, 5.41) is 8.99. The molecule has 1 aliphatic heterocycles. The van der Waals surface area contributed by atoms with Crippen molar-refractivity contribution in [2.24, 2.45) is 5.92 Å². The molecule has 0 saturated carbocycles. The molecule has 2 rings (SSSR count). The first kappa shape index (κ1) is 17.9. The number of carbonyl (C=O) groups is 1. The summed E-state index contributed by atoms with van der Waals surface area (Å²) in [6, 6.07) is 9.61. The minimum atomic E-state index is -3.45. The topological polar surface area (TPSA) is 83.9 Å². The zero-order valence-electron chi connectivity index (χ0n) is 13.2. The number of hydrogen-bond acceptors (Lipinski definition) is 4. The molecule has 7 heteroatoms. The van der Waals surface area contributed by atoms with Gasteiger partial charge in [0, 0.05) is 20.2 Å². The number of methoxy groups -OCH3 is 1. The second kappa shape index (κ2) is 7.90. The molecule has 1 saturated heterocycles. The average molecular weight is 341 g/mol. The second-order valence-electron chi connectivity index (χ2n) is 5.84. The Balaban J connectivity index is 1.95. The van der Waals surface area contributed by atoms with Crippen LogP contribution in [0.2, 0.25) is 0 Å². The van der Waals surface area contributed by atoms with Gasteiger partial charge in [-0.3, -0.25) is 4.79 Å². The van der Waals surface area contributed by atoms with E-state index >= 15 is 0 Å². The summed E-state index contributed by atoms with van der Waals surface area (Å²) < 4.78 is 31.8. The number of aliphatic carboxylic acids is 1. The lowest BCUT2D eigenvalue weighted by atomic mass is 9.99.